The van der Waals surface area contributed by atoms with Crippen molar-refractivity contribution in [3.63, 3.8) is 0 Å². The normalized spacial score (nSPS) is 27.0. The Bertz CT molecular complexity index is 802. The van der Waals surface area contributed by atoms with Crippen molar-refractivity contribution in [1.82, 2.24) is 15.1 Å². The molecule has 2 heterocycles. The number of carbonyl (C=O) groups excluding carboxylic acids is 4. The van der Waals surface area contributed by atoms with Crippen LogP contribution in [-0.2, 0) is 24.7 Å². The highest BCUT2D eigenvalue weighted by Gasteiger charge is 2.49. The molecule has 0 spiro atoms. The van der Waals surface area contributed by atoms with E-state index >= 15 is 0 Å². The number of carbonyl (C=O) groups is 4. The van der Waals surface area contributed by atoms with E-state index in [1.165, 1.54) is 0 Å². The number of amides is 4. The average molecular weight is 401 g/mol. The van der Waals surface area contributed by atoms with Gasteiger partial charge in [-0.2, -0.15) is 0 Å². The van der Waals surface area contributed by atoms with E-state index in [2.05, 4.69) is 19.2 Å². The van der Waals surface area contributed by atoms with Crippen LogP contribution in [0, 0.1) is 11.8 Å². The zero-order valence-electron chi connectivity index (χ0n) is 17.0. The van der Waals surface area contributed by atoms with Gasteiger partial charge in [-0.1, -0.05) is 44.2 Å². The molecule has 1 aromatic carbocycles. The van der Waals surface area contributed by atoms with E-state index in [4.69, 9.17) is 4.74 Å². The molecule has 1 N–H and O–H groups in total. The highest BCUT2D eigenvalue weighted by atomic mass is 16.5. The molecule has 2 saturated heterocycles. The summed E-state index contributed by atoms with van der Waals surface area (Å²) >= 11 is 0. The molecule has 0 unspecified atom stereocenters. The maximum atomic E-state index is 12.8. The lowest BCUT2D eigenvalue weighted by atomic mass is 9.92. The van der Waals surface area contributed by atoms with Gasteiger partial charge in [-0.25, -0.2) is 4.79 Å². The standard InChI is InChI=1S/C21H27N3O5/c1-14-9-15(2)11-23(10-14)17(25)13-29-18(26)12-24-19(27)21(3,22-20(24)28)16-7-5-4-6-8-16/h4-8,14-15H,9-13H2,1-3H3,(H,22,28)/t14-,15+,21-/m0/s1. The van der Waals surface area contributed by atoms with Crippen LogP contribution in [0.4, 0.5) is 4.79 Å². The predicted octanol–water partition coefficient (Wildman–Crippen LogP) is 1.50. The number of nitrogens with zero attached hydrogens (tertiary/aromatic N) is 2. The summed E-state index contributed by atoms with van der Waals surface area (Å²) in [6, 6.07) is 8.15. The van der Waals surface area contributed by atoms with E-state index in [0.29, 0.717) is 30.5 Å². The Morgan fingerprint density at radius 2 is 1.76 bits per heavy atom. The first-order chi connectivity index (χ1) is 13.7. The van der Waals surface area contributed by atoms with Gasteiger partial charge in [0.05, 0.1) is 0 Å². The van der Waals surface area contributed by atoms with Gasteiger partial charge >= 0.3 is 12.0 Å². The molecule has 0 saturated carbocycles. The second-order valence-corrected chi connectivity index (χ2v) is 8.22. The number of rotatable bonds is 5. The van der Waals surface area contributed by atoms with Gasteiger partial charge < -0.3 is 15.0 Å². The third-order valence-electron chi connectivity index (χ3n) is 5.49. The minimum Gasteiger partial charge on any atom is -0.454 e. The molecule has 1 aromatic rings. The Kier molecular flexibility index (Phi) is 5.91. The molecule has 8 heteroatoms. The van der Waals surface area contributed by atoms with Gasteiger partial charge in [0, 0.05) is 13.1 Å². The Morgan fingerprint density at radius 3 is 2.38 bits per heavy atom. The smallest absolute Gasteiger partial charge is 0.326 e. The largest absolute Gasteiger partial charge is 0.454 e. The Morgan fingerprint density at radius 1 is 1.14 bits per heavy atom. The van der Waals surface area contributed by atoms with Gasteiger partial charge in [0.1, 0.15) is 12.1 Å². The number of imide groups is 1. The van der Waals surface area contributed by atoms with Gasteiger partial charge in [0.25, 0.3) is 11.8 Å². The van der Waals surface area contributed by atoms with Gasteiger partial charge in [0.15, 0.2) is 6.61 Å². The molecule has 156 valence electrons. The van der Waals surface area contributed by atoms with Gasteiger partial charge in [-0.05, 0) is 30.7 Å². The van der Waals surface area contributed by atoms with E-state index < -0.39 is 36.6 Å². The number of benzene rings is 1. The fourth-order valence-corrected chi connectivity index (χ4v) is 4.08. The zero-order chi connectivity index (χ0) is 21.2. The van der Waals surface area contributed by atoms with Crippen molar-refractivity contribution < 1.29 is 23.9 Å². The third-order valence-corrected chi connectivity index (χ3v) is 5.49. The van der Waals surface area contributed by atoms with Gasteiger partial charge in [0.2, 0.25) is 0 Å². The maximum Gasteiger partial charge on any atom is 0.326 e. The lowest BCUT2D eigenvalue weighted by Gasteiger charge is -2.34. The molecule has 4 amide bonds. The molecule has 0 radical (unpaired) electrons. The van der Waals surface area contributed by atoms with Crippen LogP contribution in [0.1, 0.15) is 32.8 Å². The summed E-state index contributed by atoms with van der Waals surface area (Å²) in [5, 5.41) is 2.63. The molecule has 3 rings (SSSR count). The average Bonchev–Trinajstić information content (AvgIpc) is 2.90. The number of urea groups is 1. The van der Waals surface area contributed by atoms with E-state index in [0.717, 1.165) is 11.3 Å². The van der Waals surface area contributed by atoms with Crippen LogP contribution in [-0.4, -0.2) is 59.9 Å². The maximum absolute atomic E-state index is 12.8. The SMILES string of the molecule is C[C@@H]1C[C@H](C)CN(C(=O)COC(=O)CN2C(=O)N[C@@](C)(c3ccccc3)C2=O)C1. The summed E-state index contributed by atoms with van der Waals surface area (Å²) in [7, 11) is 0. The van der Waals surface area contributed by atoms with Crippen molar-refractivity contribution in [1.29, 1.82) is 0 Å². The lowest BCUT2D eigenvalue weighted by molar-refractivity contribution is -0.154. The minimum absolute atomic E-state index is 0.261. The molecular weight excluding hydrogens is 374 g/mol. The molecular formula is C21H27N3O5. The van der Waals surface area contributed by atoms with Crippen LogP contribution in [0.25, 0.3) is 0 Å². The summed E-state index contributed by atoms with van der Waals surface area (Å²) in [5.74, 6) is -0.782. The molecule has 29 heavy (non-hydrogen) atoms. The summed E-state index contributed by atoms with van der Waals surface area (Å²) in [4.78, 5) is 52.1. The molecule has 2 aliphatic heterocycles. The minimum atomic E-state index is -1.24. The quantitative estimate of drug-likeness (QED) is 0.596. The van der Waals surface area contributed by atoms with Crippen molar-refractivity contribution in [2.45, 2.75) is 32.7 Å². The summed E-state index contributed by atoms with van der Waals surface area (Å²) in [6.07, 6.45) is 1.07. The van der Waals surface area contributed by atoms with Crippen LogP contribution < -0.4 is 5.32 Å². The topological polar surface area (TPSA) is 96.0 Å². The number of esters is 1. The van der Waals surface area contributed by atoms with E-state index in [1.807, 2.05) is 6.07 Å². The van der Waals surface area contributed by atoms with Crippen LogP contribution in [0.15, 0.2) is 30.3 Å². The fraction of sp³-hybridized carbons (Fsp3) is 0.524. The van der Waals surface area contributed by atoms with Gasteiger partial charge in [-0.3, -0.25) is 19.3 Å². The Balaban J connectivity index is 1.56. The van der Waals surface area contributed by atoms with Gasteiger partial charge in [-0.15, -0.1) is 0 Å². The summed E-state index contributed by atoms with van der Waals surface area (Å²) in [6.45, 7) is 6.13. The first-order valence-corrected chi connectivity index (χ1v) is 9.83. The summed E-state index contributed by atoms with van der Waals surface area (Å²) in [5.41, 5.74) is -0.619. The van der Waals surface area contributed by atoms with E-state index in [1.54, 1.807) is 36.1 Å². The van der Waals surface area contributed by atoms with Crippen molar-refractivity contribution in [2.75, 3.05) is 26.2 Å². The van der Waals surface area contributed by atoms with E-state index in [9.17, 15) is 19.2 Å². The first-order valence-electron chi connectivity index (χ1n) is 9.83. The Labute approximate surface area is 170 Å². The molecule has 8 nitrogen and oxygen atoms in total. The highest BCUT2D eigenvalue weighted by molar-refractivity contribution is 6.08. The zero-order valence-corrected chi connectivity index (χ0v) is 17.0. The second-order valence-electron chi connectivity index (χ2n) is 8.22. The molecule has 2 aliphatic rings. The highest BCUT2D eigenvalue weighted by Crippen LogP contribution is 2.28. The first kappa shape index (κ1) is 20.8. The molecule has 0 aliphatic carbocycles. The van der Waals surface area contributed by atoms with Crippen LogP contribution in [0.2, 0.25) is 0 Å². The summed E-state index contributed by atoms with van der Waals surface area (Å²) < 4.78 is 5.06. The number of nitrogens with one attached hydrogen (secondary N) is 1. The lowest BCUT2D eigenvalue weighted by Crippen LogP contribution is -2.45. The second kappa shape index (κ2) is 8.23. The van der Waals surface area contributed by atoms with Crippen molar-refractivity contribution in [2.24, 2.45) is 11.8 Å². The number of ether oxygens (including phenoxy) is 1. The fourth-order valence-electron chi connectivity index (χ4n) is 4.08. The number of hydrogen-bond acceptors (Lipinski definition) is 5. The number of hydrogen-bond donors (Lipinski definition) is 1. The van der Waals surface area contributed by atoms with Crippen molar-refractivity contribution >= 4 is 23.8 Å². The molecule has 2 fully saturated rings. The molecule has 3 atom stereocenters. The third kappa shape index (κ3) is 4.41. The van der Waals surface area contributed by atoms with Crippen molar-refractivity contribution in [3.05, 3.63) is 35.9 Å². The monoisotopic (exact) mass is 401 g/mol. The van der Waals surface area contributed by atoms with Crippen molar-refractivity contribution in [3.8, 4) is 0 Å². The molecule has 0 aromatic heterocycles. The number of piperidine rings is 1. The van der Waals surface area contributed by atoms with Crippen LogP contribution in [0.5, 0.6) is 0 Å². The van der Waals surface area contributed by atoms with E-state index in [-0.39, 0.29) is 5.91 Å². The number of likely N-dealkylation sites (tertiary alicyclic amines) is 1. The molecule has 0 bridgehead atoms. The Hall–Kier alpha value is -2.90. The van der Waals surface area contributed by atoms with Crippen LogP contribution in [0.3, 0.4) is 0 Å². The van der Waals surface area contributed by atoms with Crippen LogP contribution >= 0.6 is 0 Å². The predicted molar refractivity (Wildman–Crippen MR) is 105 cm³/mol.